The van der Waals surface area contributed by atoms with Gasteiger partial charge in [-0.15, -0.1) is 0 Å². The Bertz CT molecular complexity index is 1460. The minimum atomic E-state index is -1.41. The molecule has 4 aromatic rings. The number of hydrogen-bond acceptors (Lipinski definition) is 10. The van der Waals surface area contributed by atoms with E-state index >= 15 is 0 Å². The molecule has 1 aromatic carbocycles. The van der Waals surface area contributed by atoms with Gasteiger partial charge in [-0.05, 0) is 30.0 Å². The molecule has 0 unspecified atom stereocenters. The van der Waals surface area contributed by atoms with Crippen LogP contribution in [0.1, 0.15) is 29.8 Å². The van der Waals surface area contributed by atoms with Crippen molar-refractivity contribution in [2.75, 3.05) is 11.9 Å². The quantitative estimate of drug-likeness (QED) is 0.153. The van der Waals surface area contributed by atoms with Gasteiger partial charge in [0.05, 0.1) is 37.7 Å². The van der Waals surface area contributed by atoms with Crippen molar-refractivity contribution < 1.29 is 25.5 Å². The van der Waals surface area contributed by atoms with Gasteiger partial charge in [0.25, 0.3) is 0 Å². The lowest BCUT2D eigenvalue weighted by atomic mass is 10.1. The molecular formula is C23H26ClN7O6. The lowest BCUT2D eigenvalue weighted by molar-refractivity contribution is 0.00758. The van der Waals surface area contributed by atoms with Crippen molar-refractivity contribution in [3.8, 4) is 5.88 Å². The van der Waals surface area contributed by atoms with E-state index in [1.54, 1.807) is 0 Å². The second-order valence-corrected chi connectivity index (χ2v) is 9.33. The van der Waals surface area contributed by atoms with Gasteiger partial charge in [-0.25, -0.2) is 9.78 Å². The number of nitrogens with one attached hydrogen (secondary N) is 2. The number of anilines is 1. The summed E-state index contributed by atoms with van der Waals surface area (Å²) in [6, 6.07) is 7.46. The summed E-state index contributed by atoms with van der Waals surface area (Å²) >= 11 is 6.21. The molecule has 3 heterocycles. The van der Waals surface area contributed by atoms with Gasteiger partial charge in [-0.3, -0.25) is 4.57 Å². The zero-order valence-corrected chi connectivity index (χ0v) is 20.2. The highest BCUT2D eigenvalue weighted by Gasteiger charge is 2.45. The number of fused-ring (bicyclic) bond motifs is 1. The summed E-state index contributed by atoms with van der Waals surface area (Å²) < 4.78 is 2.46. The van der Waals surface area contributed by atoms with Crippen LogP contribution in [0, 0.1) is 0 Å². The first kappa shape index (κ1) is 25.2. The number of aliphatic hydroxyl groups excluding tert-OH is 4. The highest BCUT2D eigenvalue weighted by molar-refractivity contribution is 6.28. The van der Waals surface area contributed by atoms with Crippen molar-refractivity contribution in [2.45, 2.75) is 49.8 Å². The Morgan fingerprint density at radius 3 is 2.54 bits per heavy atom. The average Bonchev–Trinajstić information content (AvgIpc) is 3.52. The van der Waals surface area contributed by atoms with Crippen molar-refractivity contribution >= 4 is 28.6 Å². The molecule has 0 bridgehead atoms. The Kier molecular flexibility index (Phi) is 6.88. The second-order valence-electron chi connectivity index (χ2n) is 8.99. The monoisotopic (exact) mass is 531 g/mol. The number of imidazole rings is 2. The van der Waals surface area contributed by atoms with Gasteiger partial charge >= 0.3 is 5.69 Å². The zero-order chi connectivity index (χ0) is 26.3. The van der Waals surface area contributed by atoms with E-state index in [1.165, 1.54) is 10.9 Å². The first-order valence-electron chi connectivity index (χ1n) is 11.6. The molecule has 0 saturated heterocycles. The molecular weight excluding hydrogens is 506 g/mol. The molecule has 13 nitrogen and oxygen atoms in total. The maximum atomic E-state index is 12.4. The third-order valence-electron chi connectivity index (χ3n) is 6.72. The molecule has 0 aliphatic heterocycles. The van der Waals surface area contributed by atoms with E-state index in [2.05, 4.69) is 25.3 Å². The van der Waals surface area contributed by atoms with Crippen molar-refractivity contribution in [1.82, 2.24) is 29.1 Å². The molecule has 1 saturated carbocycles. The summed E-state index contributed by atoms with van der Waals surface area (Å²) in [5.41, 5.74) is 0.812. The Balaban J connectivity index is 1.46. The van der Waals surface area contributed by atoms with Gasteiger partial charge in [0.1, 0.15) is 17.9 Å². The van der Waals surface area contributed by atoms with E-state index in [0.717, 1.165) is 10.1 Å². The summed E-state index contributed by atoms with van der Waals surface area (Å²) in [7, 11) is 0. The molecule has 7 N–H and O–H groups in total. The fourth-order valence-electron chi connectivity index (χ4n) is 4.91. The van der Waals surface area contributed by atoms with Crippen molar-refractivity contribution in [3.63, 3.8) is 0 Å². The van der Waals surface area contributed by atoms with Gasteiger partial charge in [0, 0.05) is 0 Å². The average molecular weight is 532 g/mol. The first-order valence-corrected chi connectivity index (χ1v) is 12.0. The number of rotatable bonds is 8. The van der Waals surface area contributed by atoms with E-state index in [1.807, 2.05) is 30.3 Å². The number of aromatic nitrogens is 6. The van der Waals surface area contributed by atoms with E-state index in [4.69, 9.17) is 11.6 Å². The van der Waals surface area contributed by atoms with Crippen LogP contribution < -0.4 is 11.0 Å². The molecule has 0 radical (unpaired) electrons. The number of benzene rings is 1. The van der Waals surface area contributed by atoms with Crippen molar-refractivity contribution in [1.29, 1.82) is 0 Å². The first-order chi connectivity index (χ1) is 17.8. The van der Waals surface area contributed by atoms with Crippen molar-refractivity contribution in [3.05, 3.63) is 63.7 Å². The molecule has 1 fully saturated rings. The third-order valence-corrected chi connectivity index (χ3v) is 6.89. The van der Waals surface area contributed by atoms with Crippen LogP contribution in [0.15, 0.2) is 41.5 Å². The van der Waals surface area contributed by atoms with Crippen LogP contribution in [-0.2, 0) is 13.0 Å². The molecule has 1 aliphatic carbocycles. The lowest BCUT2D eigenvalue weighted by Gasteiger charge is -2.19. The summed E-state index contributed by atoms with van der Waals surface area (Å²) in [6.07, 6.45) is -0.765. The maximum absolute atomic E-state index is 12.4. The van der Waals surface area contributed by atoms with Crippen LogP contribution in [0.25, 0.3) is 11.2 Å². The zero-order valence-electron chi connectivity index (χ0n) is 19.4. The van der Waals surface area contributed by atoms with Crippen LogP contribution in [0.3, 0.4) is 0 Å². The van der Waals surface area contributed by atoms with Crippen LogP contribution in [0.5, 0.6) is 5.88 Å². The number of nitrogens with zero attached hydrogens (tertiary/aromatic N) is 5. The fourth-order valence-corrected chi connectivity index (χ4v) is 5.07. The van der Waals surface area contributed by atoms with Crippen LogP contribution in [-0.4, -0.2) is 79.5 Å². The lowest BCUT2D eigenvalue weighted by Crippen LogP contribution is -2.33. The van der Waals surface area contributed by atoms with Crippen LogP contribution in [0.2, 0.25) is 5.28 Å². The van der Waals surface area contributed by atoms with E-state index in [0.29, 0.717) is 17.8 Å². The Hall–Kier alpha value is -3.49. The van der Waals surface area contributed by atoms with E-state index in [-0.39, 0.29) is 29.7 Å². The molecule has 14 heteroatoms. The molecule has 0 amide bonds. The fraction of sp³-hybridized carbons (Fsp3) is 0.391. The van der Waals surface area contributed by atoms with Gasteiger partial charge in [0.2, 0.25) is 11.2 Å². The van der Waals surface area contributed by atoms with Gasteiger partial charge in [-0.2, -0.15) is 9.97 Å². The van der Waals surface area contributed by atoms with Crippen LogP contribution in [0.4, 0.5) is 5.82 Å². The molecule has 3 aromatic heterocycles. The van der Waals surface area contributed by atoms with E-state index in [9.17, 15) is 30.3 Å². The predicted molar refractivity (Wildman–Crippen MR) is 132 cm³/mol. The highest BCUT2D eigenvalue weighted by atomic mass is 35.5. The maximum Gasteiger partial charge on any atom is 0.329 e. The molecule has 5 atom stereocenters. The number of H-pyrrole nitrogens is 1. The number of aromatic hydroxyl groups is 1. The molecule has 37 heavy (non-hydrogen) atoms. The molecule has 5 rings (SSSR count). The summed E-state index contributed by atoms with van der Waals surface area (Å²) in [6.45, 7) is -0.780. The number of hydrogen-bond donors (Lipinski definition) is 7. The van der Waals surface area contributed by atoms with Gasteiger partial charge < -0.3 is 40.4 Å². The van der Waals surface area contributed by atoms with Gasteiger partial charge in [-0.1, -0.05) is 30.3 Å². The number of aliphatic hydroxyl groups is 4. The number of aromatic amines is 1. The Morgan fingerprint density at radius 1 is 1.14 bits per heavy atom. The highest BCUT2D eigenvalue weighted by Crippen LogP contribution is 2.41. The molecule has 196 valence electrons. The molecule has 0 spiro atoms. The Morgan fingerprint density at radius 2 is 1.86 bits per heavy atom. The summed E-state index contributed by atoms with van der Waals surface area (Å²) in [4.78, 5) is 27.6. The minimum absolute atomic E-state index is 0.0433. The Labute approximate surface area is 214 Å². The normalized spacial score (nSPS) is 22.5. The third kappa shape index (κ3) is 4.55. The second kappa shape index (κ2) is 10.1. The van der Waals surface area contributed by atoms with Gasteiger partial charge in [0.15, 0.2) is 17.0 Å². The topological polar surface area (TPSA) is 195 Å². The minimum Gasteiger partial charge on any atom is -0.493 e. The summed E-state index contributed by atoms with van der Waals surface area (Å²) in [5, 5.41) is 54.3. The van der Waals surface area contributed by atoms with Crippen molar-refractivity contribution in [2.24, 2.45) is 0 Å². The molecule has 1 aliphatic rings. The van der Waals surface area contributed by atoms with E-state index < -0.39 is 48.5 Å². The SMILES string of the molecule is O=c1[nH]c(CO)c(O)n1[C@H]1C[C@@H](n2cnc3c(N[C@H](CO)Cc4ccccc4)nc(Cl)nc32)[C@H](O)[C@@H]1O. The largest absolute Gasteiger partial charge is 0.493 e. The number of halogens is 1. The predicted octanol–water partition coefficient (Wildman–Crippen LogP) is 0.0908. The summed E-state index contributed by atoms with van der Waals surface area (Å²) in [5.74, 6) is -0.217. The smallest absolute Gasteiger partial charge is 0.329 e. The van der Waals surface area contributed by atoms with Crippen LogP contribution >= 0.6 is 11.6 Å². The standard InChI is InChI=1S/C23H26ClN7O6/c24-22-28-19(26-12(8-32)6-11-4-2-1-3-5-11)16-20(29-22)30(10-25-16)14-7-15(18(35)17(14)34)31-21(36)13(9-33)27-23(31)37/h1-5,10,12,14-15,17-18,32-36H,6-9H2,(H,27,37)(H,26,28,29)/t12-,14+,15-,17-,18+/m0/s1.